The quantitative estimate of drug-likeness (QED) is 0.531. The van der Waals surface area contributed by atoms with E-state index < -0.39 is 17.7 Å². The first-order valence-corrected chi connectivity index (χ1v) is 10.8. The van der Waals surface area contributed by atoms with Crippen LogP contribution in [0.2, 0.25) is 0 Å². The Morgan fingerprint density at radius 3 is 2.53 bits per heavy atom. The van der Waals surface area contributed by atoms with Crippen molar-refractivity contribution >= 4 is 17.7 Å². The van der Waals surface area contributed by atoms with Crippen molar-refractivity contribution in [3.63, 3.8) is 0 Å². The fraction of sp³-hybridized carbons (Fsp3) is 0.240. The van der Waals surface area contributed by atoms with Crippen LogP contribution >= 0.6 is 0 Å². The van der Waals surface area contributed by atoms with Crippen LogP contribution in [0.5, 0.6) is 11.5 Å². The number of nitrogens with one attached hydrogen (secondary N) is 1. The first-order valence-electron chi connectivity index (χ1n) is 10.8. The number of fused-ring (bicyclic) bond motifs is 1. The molecular weight excluding hydrogens is 446 g/mol. The number of hydrogen-bond acceptors (Lipinski definition) is 5. The fourth-order valence-electron chi connectivity index (χ4n) is 4.15. The third-order valence-electron chi connectivity index (χ3n) is 6.12. The summed E-state index contributed by atoms with van der Waals surface area (Å²) in [5, 5.41) is 12.2. The van der Waals surface area contributed by atoms with Crippen molar-refractivity contribution in [3.8, 4) is 22.8 Å². The molecule has 0 spiro atoms. The topological polar surface area (TPSA) is 97.8 Å². The maximum Gasteiger partial charge on any atom is 0.586 e. The van der Waals surface area contributed by atoms with Gasteiger partial charge >= 0.3 is 12.3 Å². The van der Waals surface area contributed by atoms with Gasteiger partial charge in [-0.05, 0) is 60.7 Å². The van der Waals surface area contributed by atoms with E-state index in [4.69, 9.17) is 0 Å². The lowest BCUT2D eigenvalue weighted by Gasteiger charge is -2.17. The number of carboxylic acids is 1. The Bertz CT molecular complexity index is 1320. The summed E-state index contributed by atoms with van der Waals surface area (Å²) in [6, 6.07) is 14.4. The molecule has 1 aromatic heterocycles. The Morgan fingerprint density at radius 1 is 1.06 bits per heavy atom. The van der Waals surface area contributed by atoms with E-state index >= 15 is 0 Å². The van der Waals surface area contributed by atoms with Crippen LogP contribution in [0, 0.1) is 0 Å². The third-order valence-corrected chi connectivity index (χ3v) is 6.12. The molecule has 0 saturated heterocycles. The van der Waals surface area contributed by atoms with Gasteiger partial charge in [0.25, 0.3) is 0 Å². The van der Waals surface area contributed by atoms with Crippen molar-refractivity contribution in [2.75, 3.05) is 5.32 Å². The van der Waals surface area contributed by atoms with Crippen LogP contribution in [0.4, 0.5) is 14.6 Å². The lowest BCUT2D eigenvalue weighted by molar-refractivity contribution is -0.286. The van der Waals surface area contributed by atoms with Gasteiger partial charge in [0.2, 0.25) is 5.91 Å². The highest BCUT2D eigenvalue weighted by Gasteiger charge is 2.53. The molecule has 0 atom stereocenters. The zero-order valence-corrected chi connectivity index (χ0v) is 18.1. The number of nitrogens with zero attached hydrogens (tertiary/aromatic N) is 1. The van der Waals surface area contributed by atoms with Crippen molar-refractivity contribution in [2.45, 2.75) is 37.9 Å². The molecule has 34 heavy (non-hydrogen) atoms. The Labute approximate surface area is 193 Å². The number of alkyl halides is 2. The van der Waals surface area contributed by atoms with Crippen molar-refractivity contribution < 1.29 is 33.0 Å². The first kappa shape index (κ1) is 21.8. The minimum Gasteiger partial charge on any atom is -0.478 e. The summed E-state index contributed by atoms with van der Waals surface area (Å²) in [5.41, 5.74) is 1.94. The van der Waals surface area contributed by atoms with E-state index in [0.29, 0.717) is 41.9 Å². The molecule has 0 unspecified atom stereocenters. The molecule has 2 N–H and O–H groups in total. The maximum atomic E-state index is 13.4. The second kappa shape index (κ2) is 7.79. The second-order valence-electron chi connectivity index (χ2n) is 8.31. The lowest BCUT2D eigenvalue weighted by atomic mass is 9.94. The highest BCUT2D eigenvalue weighted by molar-refractivity contribution is 6.01. The number of amides is 1. The van der Waals surface area contributed by atoms with Crippen LogP contribution in [0.1, 0.15) is 41.3 Å². The molecule has 3 aromatic rings. The average Bonchev–Trinajstić information content (AvgIpc) is 3.56. The molecule has 1 amide bonds. The van der Waals surface area contributed by atoms with Gasteiger partial charge in [-0.2, -0.15) is 0 Å². The van der Waals surface area contributed by atoms with Crippen LogP contribution in [0.15, 0.2) is 54.6 Å². The number of aromatic nitrogens is 1. The number of anilines is 1. The predicted molar refractivity (Wildman–Crippen MR) is 118 cm³/mol. The van der Waals surface area contributed by atoms with Gasteiger partial charge in [0.1, 0.15) is 5.82 Å². The van der Waals surface area contributed by atoms with Crippen molar-refractivity contribution in [3.05, 3.63) is 71.3 Å². The molecule has 1 aliphatic carbocycles. The summed E-state index contributed by atoms with van der Waals surface area (Å²) in [4.78, 5) is 29.2. The number of ether oxygens (including phenoxy) is 2. The number of aromatic carboxylic acids is 1. The molecule has 0 radical (unpaired) electrons. The summed E-state index contributed by atoms with van der Waals surface area (Å²) < 4.78 is 35.7. The molecule has 2 aromatic carbocycles. The zero-order chi connectivity index (χ0) is 24.1. The molecular formula is C25H20F2N2O5. The number of benzene rings is 2. The van der Waals surface area contributed by atoms with Gasteiger partial charge in [-0.25, -0.2) is 9.78 Å². The van der Waals surface area contributed by atoms with E-state index in [-0.39, 0.29) is 23.0 Å². The van der Waals surface area contributed by atoms with E-state index in [2.05, 4.69) is 19.8 Å². The van der Waals surface area contributed by atoms with Gasteiger partial charge in [0, 0.05) is 5.56 Å². The smallest absolute Gasteiger partial charge is 0.478 e. The van der Waals surface area contributed by atoms with Crippen LogP contribution in [-0.2, 0) is 16.6 Å². The van der Waals surface area contributed by atoms with Crippen LogP contribution < -0.4 is 14.8 Å². The molecule has 2 heterocycles. The number of carbonyl (C=O) groups excluding carboxylic acids is 1. The summed E-state index contributed by atoms with van der Waals surface area (Å²) in [7, 11) is 0. The summed E-state index contributed by atoms with van der Waals surface area (Å²) in [5.74, 6) is -1.21. The lowest BCUT2D eigenvalue weighted by Crippen LogP contribution is -2.28. The number of carbonyl (C=O) groups is 2. The highest BCUT2D eigenvalue weighted by atomic mass is 19.3. The molecule has 2 aliphatic rings. The standard InChI is InChI=1S/C25H20F2N2O5/c1-2-14-6-9-20(28-21(14)15-4-3-5-16(12-15)22(30)31)29-23(32)24(10-11-24)17-7-8-18-19(13-17)34-25(26,27)33-18/h3-9,12-13H,2,10-11H2,1H3,(H,30,31)(H,28,29,32). The first-order chi connectivity index (χ1) is 16.2. The molecule has 1 fully saturated rings. The third kappa shape index (κ3) is 3.83. The van der Waals surface area contributed by atoms with Crippen LogP contribution in [0.3, 0.4) is 0 Å². The fourth-order valence-corrected chi connectivity index (χ4v) is 4.15. The second-order valence-corrected chi connectivity index (χ2v) is 8.31. The number of hydrogen-bond donors (Lipinski definition) is 2. The Balaban J connectivity index is 1.42. The van der Waals surface area contributed by atoms with E-state index in [0.717, 1.165) is 5.56 Å². The van der Waals surface area contributed by atoms with Gasteiger partial charge in [0.15, 0.2) is 11.5 Å². The number of halogens is 2. The average molecular weight is 466 g/mol. The summed E-state index contributed by atoms with van der Waals surface area (Å²) >= 11 is 0. The molecule has 7 nitrogen and oxygen atoms in total. The summed E-state index contributed by atoms with van der Waals surface area (Å²) in [6.45, 7) is 1.96. The summed E-state index contributed by atoms with van der Waals surface area (Å²) in [6.07, 6.45) is -1.95. The SMILES string of the molecule is CCc1ccc(NC(=O)C2(c3ccc4c(c3)OC(F)(F)O4)CC2)nc1-c1cccc(C(=O)O)c1. The van der Waals surface area contributed by atoms with Gasteiger partial charge in [0.05, 0.1) is 16.7 Å². The largest absolute Gasteiger partial charge is 0.586 e. The van der Waals surface area contributed by atoms with E-state index in [9.17, 15) is 23.5 Å². The molecule has 5 rings (SSSR count). The Kier molecular flexibility index (Phi) is 5.00. The van der Waals surface area contributed by atoms with Gasteiger partial charge in [-0.1, -0.05) is 31.2 Å². The van der Waals surface area contributed by atoms with Crippen molar-refractivity contribution in [2.24, 2.45) is 0 Å². The van der Waals surface area contributed by atoms with E-state index in [1.54, 1.807) is 30.3 Å². The van der Waals surface area contributed by atoms with Crippen molar-refractivity contribution in [1.29, 1.82) is 0 Å². The van der Waals surface area contributed by atoms with Crippen LogP contribution in [-0.4, -0.2) is 28.3 Å². The normalized spacial score (nSPS) is 16.7. The predicted octanol–water partition coefficient (Wildman–Crippen LogP) is 5.00. The molecule has 174 valence electrons. The maximum absolute atomic E-state index is 13.4. The number of pyridine rings is 1. The molecule has 1 aliphatic heterocycles. The Morgan fingerprint density at radius 2 is 1.82 bits per heavy atom. The van der Waals surface area contributed by atoms with E-state index in [1.165, 1.54) is 18.2 Å². The van der Waals surface area contributed by atoms with Gasteiger partial charge in [-0.15, -0.1) is 8.78 Å². The number of aryl methyl sites for hydroxylation is 1. The molecule has 0 bridgehead atoms. The minimum absolute atomic E-state index is 0.0741. The van der Waals surface area contributed by atoms with Gasteiger partial charge < -0.3 is 19.9 Å². The minimum atomic E-state index is -3.72. The monoisotopic (exact) mass is 466 g/mol. The highest BCUT2D eigenvalue weighted by Crippen LogP contribution is 2.52. The number of carboxylic acid groups (broad SMARTS) is 1. The van der Waals surface area contributed by atoms with Crippen molar-refractivity contribution in [1.82, 2.24) is 4.98 Å². The van der Waals surface area contributed by atoms with Crippen LogP contribution in [0.25, 0.3) is 11.3 Å². The molecule has 1 saturated carbocycles. The zero-order valence-electron chi connectivity index (χ0n) is 18.1. The Hall–Kier alpha value is -4.01. The molecule has 9 heteroatoms. The van der Waals surface area contributed by atoms with Gasteiger partial charge in [-0.3, -0.25) is 4.79 Å². The van der Waals surface area contributed by atoms with E-state index in [1.807, 2.05) is 13.0 Å². The number of rotatable bonds is 6.